The molecule has 0 spiro atoms. The molecule has 0 saturated carbocycles. The third-order valence-electron chi connectivity index (χ3n) is 2.47. The Kier molecular flexibility index (Phi) is 3.58. The van der Waals surface area contributed by atoms with Crippen LogP contribution in [0.25, 0.3) is 0 Å². The van der Waals surface area contributed by atoms with Gasteiger partial charge in [0.2, 0.25) is 0 Å². The van der Waals surface area contributed by atoms with E-state index in [1.54, 1.807) is 18.3 Å². The molecule has 88 valence electrons. The highest BCUT2D eigenvalue weighted by atomic mass is 79.9. The third kappa shape index (κ3) is 2.94. The highest BCUT2D eigenvalue weighted by Gasteiger charge is 2.06. The Labute approximate surface area is 108 Å². The van der Waals surface area contributed by atoms with Crippen molar-refractivity contribution in [2.45, 2.75) is 6.54 Å². The molecule has 0 aliphatic heterocycles. The number of pyridine rings is 1. The van der Waals surface area contributed by atoms with Crippen molar-refractivity contribution in [3.63, 3.8) is 0 Å². The topological polar surface area (TPSA) is 46.9 Å². The summed E-state index contributed by atoms with van der Waals surface area (Å²) < 4.78 is 2.63. The van der Waals surface area contributed by atoms with Crippen LogP contribution in [0.3, 0.4) is 0 Å². The highest BCUT2D eigenvalue weighted by molar-refractivity contribution is 9.10. The molecule has 0 aromatic carbocycles. The number of carbonyl (C=O) groups excluding carboxylic acids is 1. The molecular weight excluding hydrogens is 282 g/mol. The van der Waals surface area contributed by atoms with Crippen LogP contribution in [-0.2, 0) is 13.6 Å². The quantitative estimate of drug-likeness (QED) is 0.881. The lowest BCUT2D eigenvalue weighted by atomic mass is 10.2. The minimum Gasteiger partial charge on any atom is -0.353 e. The van der Waals surface area contributed by atoms with Gasteiger partial charge in [-0.25, -0.2) is 4.98 Å². The van der Waals surface area contributed by atoms with E-state index in [-0.39, 0.29) is 5.91 Å². The maximum absolute atomic E-state index is 11.8. The van der Waals surface area contributed by atoms with Crippen LogP contribution in [0.15, 0.2) is 41.3 Å². The molecule has 0 aliphatic carbocycles. The number of amides is 1. The largest absolute Gasteiger partial charge is 0.353 e. The number of aromatic nitrogens is 2. The molecule has 0 unspecified atom stereocenters. The van der Waals surface area contributed by atoms with Crippen LogP contribution in [0, 0.1) is 0 Å². The van der Waals surface area contributed by atoms with E-state index in [0.29, 0.717) is 16.7 Å². The van der Waals surface area contributed by atoms with Gasteiger partial charge in [0, 0.05) is 30.7 Å². The average Bonchev–Trinajstić information content (AvgIpc) is 2.72. The van der Waals surface area contributed by atoms with Crippen LogP contribution < -0.4 is 5.32 Å². The molecule has 1 N–H and O–H groups in total. The number of carbonyl (C=O) groups is 1. The third-order valence-corrected chi connectivity index (χ3v) is 2.90. The molecule has 17 heavy (non-hydrogen) atoms. The summed E-state index contributed by atoms with van der Waals surface area (Å²) in [5.74, 6) is -0.102. The maximum atomic E-state index is 11.8. The Bertz CT molecular complexity index is 536. The van der Waals surface area contributed by atoms with E-state index in [9.17, 15) is 4.79 Å². The molecule has 0 atom stereocenters. The second-order valence-electron chi connectivity index (χ2n) is 3.66. The van der Waals surface area contributed by atoms with Crippen LogP contribution in [0.4, 0.5) is 0 Å². The normalized spacial score (nSPS) is 10.2. The lowest BCUT2D eigenvalue weighted by molar-refractivity contribution is 0.0950. The maximum Gasteiger partial charge on any atom is 0.251 e. The minimum absolute atomic E-state index is 0.102. The Hall–Kier alpha value is -1.62. The molecule has 2 aromatic heterocycles. The summed E-state index contributed by atoms with van der Waals surface area (Å²) in [6, 6.07) is 7.30. The van der Waals surface area contributed by atoms with Crippen LogP contribution >= 0.6 is 15.9 Å². The van der Waals surface area contributed by atoms with Crippen molar-refractivity contribution in [1.82, 2.24) is 14.9 Å². The first-order valence-electron chi connectivity index (χ1n) is 5.17. The molecular formula is C12H12BrN3O. The second-order valence-corrected chi connectivity index (χ2v) is 4.47. The van der Waals surface area contributed by atoms with Crippen molar-refractivity contribution in [3.8, 4) is 0 Å². The summed E-state index contributed by atoms with van der Waals surface area (Å²) >= 11 is 3.24. The van der Waals surface area contributed by atoms with Gasteiger partial charge in [0.1, 0.15) is 4.60 Å². The molecule has 0 bridgehead atoms. The monoisotopic (exact) mass is 293 g/mol. The molecule has 4 nitrogen and oxygen atoms in total. The second kappa shape index (κ2) is 5.14. The standard InChI is InChI=1S/C12H12BrN3O/c1-16-6-2-3-10(16)8-15-12(17)9-4-5-14-11(13)7-9/h2-7H,8H2,1H3,(H,15,17). The molecule has 0 fully saturated rings. The van der Waals surface area contributed by atoms with Crippen LogP contribution in [0.1, 0.15) is 16.1 Å². The predicted molar refractivity (Wildman–Crippen MR) is 68.5 cm³/mol. The fraction of sp³-hybridized carbons (Fsp3) is 0.167. The first kappa shape index (κ1) is 11.9. The van der Waals surface area contributed by atoms with E-state index < -0.39 is 0 Å². The number of halogens is 1. The zero-order chi connectivity index (χ0) is 12.3. The van der Waals surface area contributed by atoms with Gasteiger partial charge in [-0.2, -0.15) is 0 Å². The lowest BCUT2D eigenvalue weighted by Crippen LogP contribution is -2.23. The first-order valence-corrected chi connectivity index (χ1v) is 5.96. The van der Waals surface area contributed by atoms with Gasteiger partial charge in [0.15, 0.2) is 0 Å². The Morgan fingerprint density at radius 1 is 1.53 bits per heavy atom. The molecule has 5 heteroatoms. The first-order chi connectivity index (χ1) is 8.16. The summed E-state index contributed by atoms with van der Waals surface area (Å²) in [5.41, 5.74) is 1.66. The van der Waals surface area contributed by atoms with Gasteiger partial charge in [0.25, 0.3) is 5.91 Å². The molecule has 1 amide bonds. The van der Waals surface area contributed by atoms with E-state index in [1.165, 1.54) is 0 Å². The van der Waals surface area contributed by atoms with E-state index in [1.807, 2.05) is 29.9 Å². The number of hydrogen-bond donors (Lipinski definition) is 1. The van der Waals surface area contributed by atoms with Crippen LogP contribution in [-0.4, -0.2) is 15.5 Å². The number of nitrogens with one attached hydrogen (secondary N) is 1. The van der Waals surface area contributed by atoms with Crippen molar-refractivity contribution in [2.24, 2.45) is 7.05 Å². The summed E-state index contributed by atoms with van der Waals surface area (Å²) in [4.78, 5) is 15.8. The van der Waals surface area contributed by atoms with Gasteiger partial charge in [0.05, 0.1) is 6.54 Å². The smallest absolute Gasteiger partial charge is 0.251 e. The van der Waals surface area contributed by atoms with Crippen molar-refractivity contribution in [1.29, 1.82) is 0 Å². The zero-order valence-electron chi connectivity index (χ0n) is 9.35. The molecule has 2 heterocycles. The van der Waals surface area contributed by atoms with E-state index >= 15 is 0 Å². The average molecular weight is 294 g/mol. The Morgan fingerprint density at radius 3 is 3.00 bits per heavy atom. The number of nitrogens with zero attached hydrogens (tertiary/aromatic N) is 2. The summed E-state index contributed by atoms with van der Waals surface area (Å²) in [5, 5.41) is 2.86. The van der Waals surface area contributed by atoms with Gasteiger partial charge >= 0.3 is 0 Å². The molecule has 2 aromatic rings. The molecule has 0 radical (unpaired) electrons. The van der Waals surface area contributed by atoms with E-state index in [2.05, 4.69) is 26.2 Å². The Morgan fingerprint density at radius 2 is 2.35 bits per heavy atom. The van der Waals surface area contributed by atoms with Gasteiger partial charge in [-0.3, -0.25) is 4.79 Å². The highest BCUT2D eigenvalue weighted by Crippen LogP contribution is 2.08. The van der Waals surface area contributed by atoms with Crippen LogP contribution in [0.5, 0.6) is 0 Å². The van der Waals surface area contributed by atoms with E-state index in [0.717, 1.165) is 5.69 Å². The van der Waals surface area contributed by atoms with Gasteiger partial charge < -0.3 is 9.88 Å². The summed E-state index contributed by atoms with van der Waals surface area (Å²) in [6.45, 7) is 0.516. The fourth-order valence-electron chi connectivity index (χ4n) is 1.50. The van der Waals surface area contributed by atoms with Crippen LogP contribution in [0.2, 0.25) is 0 Å². The van der Waals surface area contributed by atoms with Gasteiger partial charge in [-0.1, -0.05) is 0 Å². The fourth-order valence-corrected chi connectivity index (χ4v) is 1.86. The molecule has 2 rings (SSSR count). The zero-order valence-corrected chi connectivity index (χ0v) is 10.9. The van der Waals surface area contributed by atoms with Gasteiger partial charge in [-0.05, 0) is 40.2 Å². The summed E-state index contributed by atoms with van der Waals surface area (Å²) in [7, 11) is 1.95. The number of rotatable bonds is 3. The predicted octanol–water partition coefficient (Wildman–Crippen LogP) is 2.11. The number of aryl methyl sites for hydroxylation is 1. The van der Waals surface area contributed by atoms with Crippen molar-refractivity contribution >= 4 is 21.8 Å². The molecule has 0 saturated heterocycles. The van der Waals surface area contributed by atoms with E-state index in [4.69, 9.17) is 0 Å². The van der Waals surface area contributed by atoms with Crippen molar-refractivity contribution < 1.29 is 4.79 Å². The summed E-state index contributed by atoms with van der Waals surface area (Å²) in [6.07, 6.45) is 3.55. The Balaban J connectivity index is 2.01. The van der Waals surface area contributed by atoms with Gasteiger partial charge in [-0.15, -0.1) is 0 Å². The minimum atomic E-state index is -0.102. The SMILES string of the molecule is Cn1cccc1CNC(=O)c1ccnc(Br)c1. The number of hydrogen-bond acceptors (Lipinski definition) is 2. The van der Waals surface area contributed by atoms with Crippen molar-refractivity contribution in [3.05, 3.63) is 52.5 Å². The van der Waals surface area contributed by atoms with Crippen molar-refractivity contribution in [2.75, 3.05) is 0 Å². The molecule has 0 aliphatic rings. The lowest BCUT2D eigenvalue weighted by Gasteiger charge is -2.06.